The molecule has 0 bridgehead atoms. The largest absolute Gasteiger partial charge is 0.324 e. The van der Waals surface area contributed by atoms with Crippen LogP contribution >= 0.6 is 11.6 Å². The minimum atomic E-state index is -0.702. The number of urea groups is 1. The summed E-state index contributed by atoms with van der Waals surface area (Å²) in [7, 11) is 0. The van der Waals surface area contributed by atoms with Gasteiger partial charge in [0.2, 0.25) is 5.91 Å². The van der Waals surface area contributed by atoms with Crippen LogP contribution in [0.3, 0.4) is 0 Å². The van der Waals surface area contributed by atoms with Gasteiger partial charge in [0.25, 0.3) is 0 Å². The number of carbonyl (C=O) groups is 2. The van der Waals surface area contributed by atoms with E-state index < -0.39 is 6.04 Å². The first-order valence-corrected chi connectivity index (χ1v) is 7.31. The van der Waals surface area contributed by atoms with Crippen LogP contribution in [0.5, 0.6) is 0 Å². The third-order valence-electron chi connectivity index (χ3n) is 3.46. The van der Waals surface area contributed by atoms with E-state index in [1.807, 2.05) is 0 Å². The minimum absolute atomic E-state index is 0.187. The molecule has 1 aliphatic heterocycles. The summed E-state index contributed by atoms with van der Waals surface area (Å²) >= 11 is 5.92. The minimum Gasteiger partial charge on any atom is -0.324 e. The van der Waals surface area contributed by atoms with Gasteiger partial charge in [0.05, 0.1) is 6.54 Å². The lowest BCUT2D eigenvalue weighted by Gasteiger charge is -2.15. The monoisotopic (exact) mass is 333 g/mol. The van der Waals surface area contributed by atoms with Crippen molar-refractivity contribution < 1.29 is 14.0 Å². The van der Waals surface area contributed by atoms with Crippen LogP contribution in [0, 0.1) is 5.82 Å². The first-order chi connectivity index (χ1) is 11.0. The second-order valence-electron chi connectivity index (χ2n) is 5.09. The Kier molecular flexibility index (Phi) is 4.16. The fourth-order valence-corrected chi connectivity index (χ4v) is 2.50. The highest BCUT2D eigenvalue weighted by Gasteiger charge is 2.34. The molecule has 1 aliphatic rings. The van der Waals surface area contributed by atoms with Gasteiger partial charge < -0.3 is 10.6 Å². The Balaban J connectivity index is 1.69. The Hall–Kier alpha value is -2.60. The number of benzene rings is 2. The van der Waals surface area contributed by atoms with Crippen molar-refractivity contribution in [2.45, 2.75) is 6.04 Å². The molecule has 3 amide bonds. The molecule has 0 spiro atoms. The molecule has 1 unspecified atom stereocenters. The Morgan fingerprint density at radius 2 is 2.00 bits per heavy atom. The predicted octanol–water partition coefficient (Wildman–Crippen LogP) is 3.02. The lowest BCUT2D eigenvalue weighted by molar-refractivity contribution is -0.117. The standard InChI is InChI=1S/C16H13ClFN3O2/c17-10-2-1-3-13(8-10)21-9-14(20-16(21)23)15(22)19-12-6-4-11(18)5-7-12/h1-8,14H,9H2,(H,19,22)(H,20,23). The molecule has 7 heteroatoms. The number of nitrogens with zero attached hydrogens (tertiary/aromatic N) is 1. The smallest absolute Gasteiger partial charge is 0.322 e. The maximum Gasteiger partial charge on any atom is 0.322 e. The van der Waals surface area contributed by atoms with Crippen LogP contribution in [0.1, 0.15) is 0 Å². The van der Waals surface area contributed by atoms with Crippen LogP contribution in [0.2, 0.25) is 5.02 Å². The molecule has 1 atom stereocenters. The van der Waals surface area contributed by atoms with Crippen molar-refractivity contribution in [2.24, 2.45) is 0 Å². The Bertz CT molecular complexity index is 751. The number of hydrogen-bond donors (Lipinski definition) is 2. The maximum atomic E-state index is 12.9. The van der Waals surface area contributed by atoms with Crippen LogP contribution < -0.4 is 15.5 Å². The van der Waals surface area contributed by atoms with Crippen molar-refractivity contribution in [2.75, 3.05) is 16.8 Å². The molecule has 2 N–H and O–H groups in total. The molecular weight excluding hydrogens is 321 g/mol. The molecule has 1 heterocycles. The molecule has 2 aromatic rings. The van der Waals surface area contributed by atoms with Gasteiger partial charge in [-0.15, -0.1) is 0 Å². The highest BCUT2D eigenvalue weighted by molar-refractivity contribution is 6.31. The zero-order chi connectivity index (χ0) is 16.4. The molecule has 0 saturated carbocycles. The summed E-state index contributed by atoms with van der Waals surface area (Å²) in [4.78, 5) is 25.7. The summed E-state index contributed by atoms with van der Waals surface area (Å²) in [6.45, 7) is 0.187. The van der Waals surface area contributed by atoms with E-state index in [0.717, 1.165) is 0 Å². The van der Waals surface area contributed by atoms with Gasteiger partial charge in [0.15, 0.2) is 0 Å². The van der Waals surface area contributed by atoms with E-state index in [4.69, 9.17) is 11.6 Å². The molecule has 3 rings (SSSR count). The molecule has 1 saturated heterocycles. The molecule has 2 aromatic carbocycles. The molecule has 0 radical (unpaired) electrons. The zero-order valence-corrected chi connectivity index (χ0v) is 12.7. The lowest BCUT2D eigenvalue weighted by Crippen LogP contribution is -2.38. The van der Waals surface area contributed by atoms with Crippen molar-refractivity contribution >= 4 is 34.9 Å². The van der Waals surface area contributed by atoms with Crippen LogP contribution in [-0.2, 0) is 4.79 Å². The second-order valence-corrected chi connectivity index (χ2v) is 5.53. The van der Waals surface area contributed by atoms with Crippen molar-refractivity contribution in [3.05, 3.63) is 59.4 Å². The number of rotatable bonds is 3. The third kappa shape index (κ3) is 3.43. The highest BCUT2D eigenvalue weighted by Crippen LogP contribution is 2.22. The van der Waals surface area contributed by atoms with E-state index in [-0.39, 0.29) is 24.3 Å². The fraction of sp³-hybridized carbons (Fsp3) is 0.125. The van der Waals surface area contributed by atoms with E-state index in [0.29, 0.717) is 16.4 Å². The van der Waals surface area contributed by atoms with Crippen molar-refractivity contribution in [3.63, 3.8) is 0 Å². The number of amides is 3. The van der Waals surface area contributed by atoms with Crippen molar-refractivity contribution in [1.29, 1.82) is 0 Å². The highest BCUT2D eigenvalue weighted by atomic mass is 35.5. The second kappa shape index (κ2) is 6.26. The average molecular weight is 334 g/mol. The van der Waals surface area contributed by atoms with Gasteiger partial charge in [-0.05, 0) is 42.5 Å². The summed E-state index contributed by atoms with van der Waals surface area (Å²) in [6, 6.07) is 11.2. The average Bonchev–Trinajstić information content (AvgIpc) is 2.92. The Labute approximate surface area is 137 Å². The number of anilines is 2. The Morgan fingerprint density at radius 3 is 2.70 bits per heavy atom. The molecule has 5 nitrogen and oxygen atoms in total. The van der Waals surface area contributed by atoms with Gasteiger partial charge in [-0.2, -0.15) is 0 Å². The van der Waals surface area contributed by atoms with E-state index >= 15 is 0 Å². The number of hydrogen-bond acceptors (Lipinski definition) is 2. The van der Waals surface area contributed by atoms with Gasteiger partial charge in [-0.25, -0.2) is 9.18 Å². The van der Waals surface area contributed by atoms with Crippen LogP contribution in [0.25, 0.3) is 0 Å². The molecular formula is C16H13ClFN3O2. The third-order valence-corrected chi connectivity index (χ3v) is 3.69. The van der Waals surface area contributed by atoms with Crippen LogP contribution in [-0.4, -0.2) is 24.5 Å². The lowest BCUT2D eigenvalue weighted by atomic mass is 10.2. The topological polar surface area (TPSA) is 61.4 Å². The van der Waals surface area contributed by atoms with E-state index in [2.05, 4.69) is 10.6 Å². The summed E-state index contributed by atoms with van der Waals surface area (Å²) in [6.07, 6.45) is 0. The van der Waals surface area contributed by atoms with Gasteiger partial charge in [0, 0.05) is 16.4 Å². The molecule has 0 aliphatic carbocycles. The van der Waals surface area contributed by atoms with Crippen molar-refractivity contribution in [3.8, 4) is 0 Å². The Morgan fingerprint density at radius 1 is 1.26 bits per heavy atom. The van der Waals surface area contributed by atoms with Gasteiger partial charge in [-0.1, -0.05) is 17.7 Å². The SMILES string of the molecule is O=C(Nc1ccc(F)cc1)C1CN(c2cccc(Cl)c2)C(=O)N1. The zero-order valence-electron chi connectivity index (χ0n) is 11.9. The molecule has 23 heavy (non-hydrogen) atoms. The summed E-state index contributed by atoms with van der Waals surface area (Å²) in [5.41, 5.74) is 1.08. The number of halogens is 2. The normalized spacial score (nSPS) is 17.0. The van der Waals surface area contributed by atoms with E-state index in [9.17, 15) is 14.0 Å². The summed E-state index contributed by atoms with van der Waals surface area (Å²) in [5.74, 6) is -0.751. The predicted molar refractivity (Wildman–Crippen MR) is 86.1 cm³/mol. The summed E-state index contributed by atoms with van der Waals surface area (Å²) < 4.78 is 12.9. The van der Waals surface area contributed by atoms with Gasteiger partial charge >= 0.3 is 6.03 Å². The van der Waals surface area contributed by atoms with Crippen molar-refractivity contribution in [1.82, 2.24) is 5.32 Å². The fourth-order valence-electron chi connectivity index (χ4n) is 2.32. The number of carbonyl (C=O) groups excluding carboxylic acids is 2. The quantitative estimate of drug-likeness (QED) is 0.907. The first kappa shape index (κ1) is 15.3. The van der Waals surface area contributed by atoms with Gasteiger partial charge in [-0.3, -0.25) is 9.69 Å². The molecule has 118 valence electrons. The van der Waals surface area contributed by atoms with E-state index in [1.165, 1.54) is 29.2 Å². The summed E-state index contributed by atoms with van der Waals surface area (Å²) in [5, 5.41) is 5.76. The maximum absolute atomic E-state index is 12.9. The van der Waals surface area contributed by atoms with Gasteiger partial charge in [0.1, 0.15) is 11.9 Å². The number of nitrogens with one attached hydrogen (secondary N) is 2. The van der Waals surface area contributed by atoms with E-state index in [1.54, 1.807) is 24.3 Å². The molecule has 0 aromatic heterocycles. The molecule has 1 fully saturated rings. The first-order valence-electron chi connectivity index (χ1n) is 6.93. The van der Waals surface area contributed by atoms with Crippen LogP contribution in [0.4, 0.5) is 20.6 Å². The van der Waals surface area contributed by atoms with Crippen LogP contribution in [0.15, 0.2) is 48.5 Å².